The average molecular weight is 847 g/mol. The molecule has 0 saturated carbocycles. The highest BCUT2D eigenvalue weighted by Gasteiger charge is 2.45. The number of carbonyl (C=O) groups is 4. The number of piperidine rings is 4. The fraction of sp³-hybridized carbons (Fsp3) is 0.444. The highest BCUT2D eigenvalue weighted by atomic mass is 19.1. The molecular formula is C45H47FN8O8. The van der Waals surface area contributed by atoms with Crippen LogP contribution in [0.15, 0.2) is 68.4 Å². The average Bonchev–Trinajstić information content (AvgIpc) is 3.97. The topological polar surface area (TPSA) is 187 Å². The number of aromatic amines is 1. The number of amides is 4. The van der Waals surface area contributed by atoms with Crippen molar-refractivity contribution in [2.45, 2.75) is 63.5 Å². The molecule has 16 nitrogen and oxygen atoms in total. The molecule has 0 radical (unpaired) electrons. The number of ether oxygens (including phenoxy) is 1. The molecule has 2 N–H and O–H groups in total. The second-order valence-electron chi connectivity index (χ2n) is 17.3. The molecule has 1 unspecified atom stereocenters. The molecule has 4 amide bonds. The number of anilines is 1. The Kier molecular flexibility index (Phi) is 10.7. The zero-order chi connectivity index (χ0) is 42.5. The highest BCUT2D eigenvalue weighted by molar-refractivity contribution is 6.23. The maximum atomic E-state index is 15.5. The number of benzene rings is 3. The van der Waals surface area contributed by atoms with E-state index in [1.165, 1.54) is 18.9 Å². The number of hydrogen-bond donors (Lipinski definition) is 2. The predicted octanol–water partition coefficient (Wildman–Crippen LogP) is 4.85. The fourth-order valence-corrected chi connectivity index (χ4v) is 9.92. The number of likely N-dealkylation sites (tertiary alicyclic amines) is 2. The summed E-state index contributed by atoms with van der Waals surface area (Å²) in [5, 5.41) is 11.0. The van der Waals surface area contributed by atoms with Crippen LogP contribution in [-0.2, 0) is 9.59 Å². The minimum absolute atomic E-state index is 0.0274. The molecule has 0 bridgehead atoms. The van der Waals surface area contributed by atoms with Gasteiger partial charge in [-0.05, 0) is 112 Å². The molecule has 4 saturated heterocycles. The smallest absolute Gasteiger partial charge is 0.439 e. The van der Waals surface area contributed by atoms with Crippen LogP contribution in [0.5, 0.6) is 5.75 Å². The molecule has 322 valence electrons. The van der Waals surface area contributed by atoms with E-state index in [4.69, 9.17) is 9.26 Å². The number of hydrogen-bond acceptors (Lipinski definition) is 13. The zero-order valence-electron chi connectivity index (χ0n) is 34.1. The Morgan fingerprint density at radius 1 is 0.726 bits per heavy atom. The molecule has 2 aromatic heterocycles. The van der Waals surface area contributed by atoms with Crippen molar-refractivity contribution in [3.05, 3.63) is 82.1 Å². The van der Waals surface area contributed by atoms with Crippen molar-refractivity contribution in [1.29, 1.82) is 0 Å². The van der Waals surface area contributed by atoms with Gasteiger partial charge in [0, 0.05) is 56.8 Å². The predicted molar refractivity (Wildman–Crippen MR) is 223 cm³/mol. The van der Waals surface area contributed by atoms with Crippen molar-refractivity contribution in [3.8, 4) is 28.5 Å². The lowest BCUT2D eigenvalue weighted by atomic mass is 9.91. The van der Waals surface area contributed by atoms with E-state index in [1.54, 1.807) is 6.07 Å². The van der Waals surface area contributed by atoms with Crippen molar-refractivity contribution in [1.82, 2.24) is 35.3 Å². The molecule has 4 fully saturated rings. The van der Waals surface area contributed by atoms with Crippen LogP contribution in [0.4, 0.5) is 10.1 Å². The fourth-order valence-electron chi connectivity index (χ4n) is 9.92. The number of fused-ring (bicyclic) bond motifs is 2. The number of halogens is 1. The van der Waals surface area contributed by atoms with Gasteiger partial charge in [-0.1, -0.05) is 22.4 Å². The number of nitrogens with zero attached hydrogens (tertiary/aromatic N) is 6. The maximum absolute atomic E-state index is 15.5. The van der Waals surface area contributed by atoms with Gasteiger partial charge in [0.25, 0.3) is 11.8 Å². The number of nitrogens with one attached hydrogen (secondary N) is 2. The lowest BCUT2D eigenvalue weighted by Crippen LogP contribution is -2.54. The van der Waals surface area contributed by atoms with E-state index in [-0.39, 0.29) is 30.1 Å². The molecule has 5 aliphatic rings. The number of carbonyl (C=O) groups excluding carboxylic acids is 4. The summed E-state index contributed by atoms with van der Waals surface area (Å²) in [4.78, 5) is 72.6. The number of aromatic nitrogens is 3. The first-order valence-electron chi connectivity index (χ1n) is 21.6. The molecule has 0 spiro atoms. The van der Waals surface area contributed by atoms with Gasteiger partial charge in [0.05, 0.1) is 22.2 Å². The van der Waals surface area contributed by atoms with Gasteiger partial charge in [-0.25, -0.2) is 9.18 Å². The standard InChI is InChI=1S/C45H47FN8O8/c46-35-22-32-33(44(58)54(43(32)57)37-6-7-39(55)47-42(37)56)23-38(35)53-18-10-27(11-19-53)25-51-14-8-26(9-15-51)24-52-16-12-30(13-17-52)60-31-3-1-2-28(20-31)40-34-21-29(4-5-36(34)49-61-40)41-48-45(59)62-50-41/h1-5,20-23,26-27,30,37H,6-19,24-25H2,(H,47,55,56)(H,48,50,59). The third-order valence-electron chi connectivity index (χ3n) is 13.3. The number of imide groups is 2. The Hall–Kier alpha value is -6.20. The van der Waals surface area contributed by atoms with Gasteiger partial charge < -0.3 is 24.0 Å². The number of rotatable bonds is 10. The molecule has 10 rings (SSSR count). The summed E-state index contributed by atoms with van der Waals surface area (Å²) in [6, 6.07) is 14.9. The first kappa shape index (κ1) is 39.9. The summed E-state index contributed by atoms with van der Waals surface area (Å²) in [6.07, 6.45) is 6.25. The summed E-state index contributed by atoms with van der Waals surface area (Å²) in [6.45, 7) is 7.55. The molecule has 5 aliphatic heterocycles. The van der Waals surface area contributed by atoms with E-state index in [0.29, 0.717) is 53.3 Å². The molecule has 1 atom stereocenters. The van der Waals surface area contributed by atoms with E-state index >= 15 is 4.39 Å². The van der Waals surface area contributed by atoms with Gasteiger partial charge in [-0.2, -0.15) is 0 Å². The minimum atomic E-state index is -1.09. The lowest BCUT2D eigenvalue weighted by molar-refractivity contribution is -0.136. The van der Waals surface area contributed by atoms with Gasteiger partial charge >= 0.3 is 5.76 Å². The third kappa shape index (κ3) is 7.90. The second kappa shape index (κ2) is 16.6. The molecule has 3 aromatic carbocycles. The molecule has 7 heterocycles. The summed E-state index contributed by atoms with van der Waals surface area (Å²) >= 11 is 0. The van der Waals surface area contributed by atoms with Crippen LogP contribution < -0.4 is 20.7 Å². The Bertz CT molecular complexity index is 2600. The first-order valence-corrected chi connectivity index (χ1v) is 21.6. The van der Waals surface area contributed by atoms with Crippen molar-refractivity contribution < 1.29 is 37.4 Å². The van der Waals surface area contributed by atoms with E-state index < -0.39 is 41.2 Å². The van der Waals surface area contributed by atoms with E-state index in [2.05, 4.69) is 34.9 Å². The molecular weight excluding hydrogens is 800 g/mol. The summed E-state index contributed by atoms with van der Waals surface area (Å²) < 4.78 is 32.4. The molecule has 5 aromatic rings. The van der Waals surface area contributed by atoms with Crippen molar-refractivity contribution >= 4 is 40.2 Å². The molecule has 0 aliphatic carbocycles. The van der Waals surface area contributed by atoms with E-state index in [1.807, 2.05) is 41.3 Å². The zero-order valence-corrected chi connectivity index (χ0v) is 34.1. The second-order valence-corrected chi connectivity index (χ2v) is 17.3. The Balaban J connectivity index is 0.663. The maximum Gasteiger partial charge on any atom is 0.439 e. The largest absolute Gasteiger partial charge is 0.490 e. The van der Waals surface area contributed by atoms with Crippen LogP contribution in [0, 0.1) is 17.7 Å². The van der Waals surface area contributed by atoms with Crippen LogP contribution in [0.1, 0.15) is 72.1 Å². The van der Waals surface area contributed by atoms with Crippen LogP contribution in [-0.4, -0.2) is 118 Å². The third-order valence-corrected chi connectivity index (χ3v) is 13.3. The summed E-state index contributed by atoms with van der Waals surface area (Å²) in [5.74, 6) is -0.757. The van der Waals surface area contributed by atoms with Gasteiger partial charge in [0.2, 0.25) is 11.8 Å². The highest BCUT2D eigenvalue weighted by Crippen LogP contribution is 2.36. The Labute approximate surface area is 355 Å². The van der Waals surface area contributed by atoms with Crippen LogP contribution in [0.3, 0.4) is 0 Å². The lowest BCUT2D eigenvalue weighted by Gasteiger charge is -2.40. The van der Waals surface area contributed by atoms with Crippen molar-refractivity contribution in [2.24, 2.45) is 11.8 Å². The van der Waals surface area contributed by atoms with E-state index in [9.17, 15) is 24.0 Å². The summed E-state index contributed by atoms with van der Waals surface area (Å²) in [5.41, 5.74) is 2.58. The van der Waals surface area contributed by atoms with Crippen molar-refractivity contribution in [2.75, 3.05) is 57.3 Å². The number of H-pyrrole nitrogens is 1. The van der Waals surface area contributed by atoms with Crippen LogP contribution in [0.2, 0.25) is 0 Å². The monoisotopic (exact) mass is 846 g/mol. The normalized spacial score (nSPS) is 21.3. The van der Waals surface area contributed by atoms with Gasteiger partial charge in [0.15, 0.2) is 11.6 Å². The molecule has 17 heteroatoms. The van der Waals surface area contributed by atoms with Gasteiger partial charge in [-0.3, -0.25) is 38.9 Å². The Morgan fingerprint density at radius 3 is 2.11 bits per heavy atom. The Morgan fingerprint density at radius 2 is 1.42 bits per heavy atom. The van der Waals surface area contributed by atoms with Crippen LogP contribution in [0.25, 0.3) is 33.6 Å². The van der Waals surface area contributed by atoms with Gasteiger partial charge in [0.1, 0.15) is 29.2 Å². The summed E-state index contributed by atoms with van der Waals surface area (Å²) in [7, 11) is 0. The SMILES string of the molecule is O=C1CCC(N2C(=O)c3cc(F)c(N4CCC(CN5CCC(CN6CCC(Oc7cccc(-c8onc9ccc(-c%10noc(=O)[nH]%10)cc89)c7)CC6)CC5)CC4)cc3C2=O)C(=O)N1. The van der Waals surface area contributed by atoms with E-state index in [0.717, 1.165) is 92.6 Å². The minimum Gasteiger partial charge on any atom is -0.490 e. The quantitative estimate of drug-likeness (QED) is 0.182. The van der Waals surface area contributed by atoms with Crippen molar-refractivity contribution in [3.63, 3.8) is 0 Å². The van der Waals surface area contributed by atoms with Crippen LogP contribution >= 0.6 is 0 Å². The van der Waals surface area contributed by atoms with Gasteiger partial charge in [-0.15, -0.1) is 0 Å². The molecule has 62 heavy (non-hydrogen) atoms. The first-order chi connectivity index (χ1) is 30.1.